The quantitative estimate of drug-likeness (QED) is 0.692. The molecule has 0 bridgehead atoms. The van der Waals surface area contributed by atoms with Gasteiger partial charge in [0.1, 0.15) is 5.84 Å². The molecule has 1 N–H and O–H groups in total. The van der Waals surface area contributed by atoms with Crippen molar-refractivity contribution in [2.45, 2.75) is 6.92 Å². The van der Waals surface area contributed by atoms with Gasteiger partial charge in [-0.25, -0.2) is 0 Å². The minimum Gasteiger partial charge on any atom is -0.263 e. The molecular weight excluding hydrogens is 270 g/mol. The number of nitrogens with zero attached hydrogens (tertiary/aromatic N) is 4. The van der Waals surface area contributed by atoms with Crippen LogP contribution in [-0.4, -0.2) is 10.8 Å². The minimum absolute atomic E-state index is 0.0573. The second kappa shape index (κ2) is 5.12. The Kier molecular flexibility index (Phi) is 3.15. The number of para-hydroxylation sites is 1. The Bertz CT molecular complexity index is 684. The molecule has 0 aliphatic carbocycles. The van der Waals surface area contributed by atoms with Gasteiger partial charge >= 0.3 is 0 Å². The first kappa shape index (κ1) is 12.9. The van der Waals surface area contributed by atoms with Crippen molar-refractivity contribution in [2.75, 3.05) is 10.2 Å². The van der Waals surface area contributed by atoms with Crippen molar-refractivity contribution in [2.24, 2.45) is 5.10 Å². The molecule has 0 atom stereocenters. The maximum atomic E-state index is 10.7. The first-order valence-electron chi connectivity index (χ1n) is 6.37. The Morgan fingerprint density at radius 3 is 2.33 bits per heavy atom. The van der Waals surface area contributed by atoms with Gasteiger partial charge in [-0.1, -0.05) is 18.2 Å². The Morgan fingerprint density at radius 2 is 1.71 bits per heavy atom. The number of rotatable bonds is 3. The largest absolute Gasteiger partial charge is 0.269 e. The van der Waals surface area contributed by atoms with Crippen molar-refractivity contribution in [1.29, 1.82) is 0 Å². The summed E-state index contributed by atoms with van der Waals surface area (Å²) < 4.78 is 0. The van der Waals surface area contributed by atoms with Gasteiger partial charge in [0.05, 0.1) is 16.3 Å². The number of nitrogens with one attached hydrogen (secondary N) is 1. The third-order valence-corrected chi connectivity index (χ3v) is 2.99. The van der Waals surface area contributed by atoms with Crippen molar-refractivity contribution in [3.8, 4) is 0 Å². The number of nitro groups is 1. The molecule has 106 valence electrons. The fourth-order valence-corrected chi connectivity index (χ4v) is 2.03. The highest BCUT2D eigenvalue weighted by Gasteiger charge is 2.23. The molecule has 0 saturated carbocycles. The van der Waals surface area contributed by atoms with E-state index in [1.807, 2.05) is 37.3 Å². The fourth-order valence-electron chi connectivity index (χ4n) is 2.03. The van der Waals surface area contributed by atoms with Crippen LogP contribution in [0, 0.1) is 10.1 Å². The smallest absolute Gasteiger partial charge is 0.263 e. The van der Waals surface area contributed by atoms with Gasteiger partial charge in [-0.15, -0.1) is 5.10 Å². The fraction of sp³-hybridized carbons (Fsp3) is 0.0714. The molecule has 0 amide bonds. The van der Waals surface area contributed by atoms with Gasteiger partial charge in [0, 0.05) is 12.1 Å². The van der Waals surface area contributed by atoms with E-state index in [4.69, 9.17) is 0 Å². The third-order valence-electron chi connectivity index (χ3n) is 2.99. The van der Waals surface area contributed by atoms with Crippen LogP contribution in [0.15, 0.2) is 59.7 Å². The average molecular weight is 283 g/mol. The molecule has 7 nitrogen and oxygen atoms in total. The van der Waals surface area contributed by atoms with Crippen molar-refractivity contribution < 1.29 is 4.92 Å². The van der Waals surface area contributed by atoms with Gasteiger partial charge in [-0.05, 0) is 31.2 Å². The van der Waals surface area contributed by atoms with Crippen molar-refractivity contribution in [3.63, 3.8) is 0 Å². The highest BCUT2D eigenvalue weighted by Crippen LogP contribution is 2.25. The Morgan fingerprint density at radius 1 is 1.05 bits per heavy atom. The predicted molar refractivity (Wildman–Crippen MR) is 80.7 cm³/mol. The van der Waals surface area contributed by atoms with Gasteiger partial charge < -0.3 is 0 Å². The number of hydrogen-bond donors (Lipinski definition) is 1. The SMILES string of the molecule is CC1=NN(c2ccccc2)N(c2ccc([N+](=O)[O-])cc2)N1. The molecule has 1 aliphatic rings. The zero-order valence-corrected chi connectivity index (χ0v) is 11.3. The maximum absolute atomic E-state index is 10.7. The highest BCUT2D eigenvalue weighted by atomic mass is 16.6. The molecule has 1 heterocycles. The standard InChI is InChI=1S/C14H13N5O2/c1-11-15-17(12-5-3-2-4-6-12)18(16-11)13-7-9-14(10-8-13)19(20)21/h2-10H,1H3,(H,15,16). The summed E-state index contributed by atoms with van der Waals surface area (Å²) in [5, 5.41) is 18.6. The lowest BCUT2D eigenvalue weighted by molar-refractivity contribution is -0.384. The van der Waals surface area contributed by atoms with Gasteiger partial charge in [0.15, 0.2) is 0 Å². The maximum Gasteiger partial charge on any atom is 0.269 e. The van der Waals surface area contributed by atoms with Gasteiger partial charge in [0.2, 0.25) is 0 Å². The van der Waals surface area contributed by atoms with Crippen molar-refractivity contribution in [3.05, 3.63) is 64.7 Å². The monoisotopic (exact) mass is 283 g/mol. The number of benzene rings is 2. The van der Waals surface area contributed by atoms with E-state index in [-0.39, 0.29) is 5.69 Å². The first-order chi connectivity index (χ1) is 10.1. The molecule has 1 aliphatic heterocycles. The lowest BCUT2D eigenvalue weighted by atomic mass is 10.3. The lowest BCUT2D eigenvalue weighted by Gasteiger charge is -2.27. The summed E-state index contributed by atoms with van der Waals surface area (Å²) in [5.41, 5.74) is 4.81. The molecule has 2 aromatic rings. The zero-order valence-electron chi connectivity index (χ0n) is 11.3. The summed E-state index contributed by atoms with van der Waals surface area (Å²) in [6.07, 6.45) is 0. The van der Waals surface area contributed by atoms with E-state index in [9.17, 15) is 10.1 Å². The normalized spacial score (nSPS) is 13.9. The zero-order chi connectivity index (χ0) is 14.8. The molecule has 0 saturated heterocycles. The van der Waals surface area contributed by atoms with E-state index >= 15 is 0 Å². The van der Waals surface area contributed by atoms with Crippen molar-refractivity contribution >= 4 is 22.9 Å². The molecule has 2 aromatic carbocycles. The van der Waals surface area contributed by atoms with Gasteiger partial charge in [-0.3, -0.25) is 15.5 Å². The van der Waals surface area contributed by atoms with Crippen LogP contribution in [-0.2, 0) is 0 Å². The summed E-state index contributed by atoms with van der Waals surface area (Å²) in [6.45, 7) is 1.85. The molecule has 0 aromatic heterocycles. The van der Waals surface area contributed by atoms with Crippen LogP contribution >= 0.6 is 0 Å². The molecule has 0 radical (unpaired) electrons. The van der Waals surface area contributed by atoms with E-state index in [0.717, 1.165) is 17.2 Å². The summed E-state index contributed by atoms with van der Waals surface area (Å²) in [5.74, 6) is 0.734. The molecular formula is C14H13N5O2. The number of nitro benzene ring substituents is 1. The third kappa shape index (κ3) is 2.48. The van der Waals surface area contributed by atoms with Crippen LogP contribution < -0.4 is 15.7 Å². The van der Waals surface area contributed by atoms with Crippen LogP contribution in [0.3, 0.4) is 0 Å². The summed E-state index contributed by atoms with van der Waals surface area (Å²) >= 11 is 0. The van der Waals surface area contributed by atoms with Gasteiger partial charge in [-0.2, -0.15) is 10.2 Å². The number of hydrazine groups is 2. The van der Waals surface area contributed by atoms with E-state index < -0.39 is 4.92 Å². The van der Waals surface area contributed by atoms with E-state index in [1.165, 1.54) is 12.1 Å². The average Bonchev–Trinajstić information content (AvgIpc) is 2.90. The number of hydrogen-bond acceptors (Lipinski definition) is 6. The number of amidine groups is 1. The van der Waals surface area contributed by atoms with Crippen LogP contribution in [0.1, 0.15) is 6.92 Å². The highest BCUT2D eigenvalue weighted by molar-refractivity contribution is 5.86. The molecule has 7 heteroatoms. The lowest BCUT2D eigenvalue weighted by Crippen LogP contribution is -2.44. The molecule has 3 rings (SSSR count). The summed E-state index contributed by atoms with van der Waals surface area (Å²) in [6, 6.07) is 15.9. The summed E-state index contributed by atoms with van der Waals surface area (Å²) in [4.78, 5) is 10.3. The first-order valence-corrected chi connectivity index (χ1v) is 6.37. The van der Waals surface area contributed by atoms with Crippen LogP contribution in [0.4, 0.5) is 17.1 Å². The van der Waals surface area contributed by atoms with Crippen molar-refractivity contribution in [1.82, 2.24) is 5.43 Å². The number of non-ortho nitro benzene ring substituents is 1. The molecule has 21 heavy (non-hydrogen) atoms. The van der Waals surface area contributed by atoms with Crippen LogP contribution in [0.5, 0.6) is 0 Å². The Balaban J connectivity index is 1.92. The topological polar surface area (TPSA) is 74.0 Å². The second-order valence-corrected chi connectivity index (χ2v) is 4.51. The molecule has 0 unspecified atom stereocenters. The number of anilines is 2. The Labute approximate surface area is 121 Å². The minimum atomic E-state index is -0.419. The van der Waals surface area contributed by atoms with E-state index in [2.05, 4.69) is 10.5 Å². The van der Waals surface area contributed by atoms with E-state index in [0.29, 0.717) is 0 Å². The van der Waals surface area contributed by atoms with Crippen LogP contribution in [0.25, 0.3) is 0 Å². The predicted octanol–water partition coefficient (Wildman–Crippen LogP) is 2.67. The Hall–Kier alpha value is -3.09. The second-order valence-electron chi connectivity index (χ2n) is 4.51. The van der Waals surface area contributed by atoms with Gasteiger partial charge in [0.25, 0.3) is 5.69 Å². The molecule has 0 fully saturated rings. The summed E-state index contributed by atoms with van der Waals surface area (Å²) in [7, 11) is 0. The molecule has 0 spiro atoms. The van der Waals surface area contributed by atoms with Crippen LogP contribution in [0.2, 0.25) is 0 Å². The van der Waals surface area contributed by atoms with E-state index in [1.54, 1.807) is 22.4 Å². The number of hydrazone groups is 1.